The van der Waals surface area contributed by atoms with Crippen molar-refractivity contribution < 1.29 is 4.79 Å². The highest BCUT2D eigenvalue weighted by Gasteiger charge is 2.33. The highest BCUT2D eigenvalue weighted by Crippen LogP contribution is 2.38. The molecule has 8 heteroatoms. The van der Waals surface area contributed by atoms with Gasteiger partial charge < -0.3 is 4.90 Å². The first-order chi connectivity index (χ1) is 14.9. The number of benzene rings is 2. The highest BCUT2D eigenvalue weighted by molar-refractivity contribution is 8.00. The summed E-state index contributed by atoms with van der Waals surface area (Å²) in [6, 6.07) is 13.0. The Morgan fingerprint density at radius 3 is 2.58 bits per heavy atom. The fraction of sp³-hybridized carbons (Fsp3) is 0.348. The molecule has 1 fully saturated rings. The Hall–Kier alpha value is -2.02. The zero-order valence-electron chi connectivity index (χ0n) is 17.3. The summed E-state index contributed by atoms with van der Waals surface area (Å²) in [7, 11) is 0. The van der Waals surface area contributed by atoms with E-state index in [0.29, 0.717) is 32.6 Å². The van der Waals surface area contributed by atoms with Crippen LogP contribution in [0.4, 0.5) is 0 Å². The second-order valence-corrected chi connectivity index (χ2v) is 9.55. The second kappa shape index (κ2) is 9.23. The van der Waals surface area contributed by atoms with E-state index in [4.69, 9.17) is 28.2 Å². The molecule has 1 aromatic heterocycles. The topological polar surface area (TPSA) is 55.2 Å². The fourth-order valence-corrected chi connectivity index (χ4v) is 5.52. The van der Waals surface area contributed by atoms with E-state index in [2.05, 4.69) is 6.92 Å². The van der Waals surface area contributed by atoms with Crippen LogP contribution in [-0.4, -0.2) is 32.9 Å². The number of nitrogens with zero attached hydrogens (tertiary/aromatic N) is 3. The van der Waals surface area contributed by atoms with E-state index < -0.39 is 5.25 Å². The molecule has 2 atom stereocenters. The third-order valence-corrected chi connectivity index (χ3v) is 7.62. The van der Waals surface area contributed by atoms with Gasteiger partial charge >= 0.3 is 0 Å². The maximum Gasteiger partial charge on any atom is 0.262 e. The van der Waals surface area contributed by atoms with Gasteiger partial charge in [0.2, 0.25) is 5.91 Å². The molecule has 1 unspecified atom stereocenters. The van der Waals surface area contributed by atoms with Gasteiger partial charge in [0.15, 0.2) is 5.16 Å². The predicted octanol–water partition coefficient (Wildman–Crippen LogP) is 5.57. The smallest absolute Gasteiger partial charge is 0.262 e. The number of likely N-dealkylation sites (tertiary alicyclic amines) is 1. The number of halogens is 2. The molecular weight excluding hydrogens is 453 g/mol. The van der Waals surface area contributed by atoms with Gasteiger partial charge in [-0.1, -0.05) is 65.3 Å². The Balaban J connectivity index is 1.82. The molecule has 1 aliphatic heterocycles. The molecule has 3 aromatic rings. The first-order valence-electron chi connectivity index (χ1n) is 10.3. The minimum atomic E-state index is -0.494. The van der Waals surface area contributed by atoms with Crippen molar-refractivity contribution in [1.82, 2.24) is 14.5 Å². The molecule has 2 heterocycles. The van der Waals surface area contributed by atoms with Crippen LogP contribution in [0.3, 0.4) is 0 Å². The van der Waals surface area contributed by atoms with E-state index in [1.807, 2.05) is 42.2 Å². The van der Waals surface area contributed by atoms with Gasteiger partial charge in [-0.2, -0.15) is 0 Å². The molecule has 4 rings (SSSR count). The maximum atomic E-state index is 13.6. The molecule has 0 radical (unpaired) electrons. The van der Waals surface area contributed by atoms with Crippen molar-refractivity contribution in [2.24, 2.45) is 0 Å². The van der Waals surface area contributed by atoms with E-state index in [0.717, 1.165) is 24.9 Å². The van der Waals surface area contributed by atoms with E-state index in [1.165, 1.54) is 11.8 Å². The Morgan fingerprint density at radius 1 is 1.23 bits per heavy atom. The summed E-state index contributed by atoms with van der Waals surface area (Å²) in [6.45, 7) is 5.15. The lowest BCUT2D eigenvalue weighted by molar-refractivity contribution is -0.131. The molecule has 1 aliphatic rings. The van der Waals surface area contributed by atoms with Gasteiger partial charge in [-0.25, -0.2) is 4.98 Å². The molecule has 0 spiro atoms. The lowest BCUT2D eigenvalue weighted by Crippen LogP contribution is -2.36. The van der Waals surface area contributed by atoms with Crippen LogP contribution < -0.4 is 5.56 Å². The SMILES string of the molecule is CCn1c(S[C@H](C(=O)N2CCCC2C)c2ccccc2)nc2cc(Cl)c(Cl)cc2c1=O. The minimum absolute atomic E-state index is 0.0485. The average Bonchev–Trinajstić information content (AvgIpc) is 3.20. The van der Waals surface area contributed by atoms with Crippen molar-refractivity contribution in [1.29, 1.82) is 0 Å². The van der Waals surface area contributed by atoms with E-state index in [-0.39, 0.29) is 17.5 Å². The zero-order valence-corrected chi connectivity index (χ0v) is 19.7. The summed E-state index contributed by atoms with van der Waals surface area (Å²) in [4.78, 5) is 33.4. The molecular formula is C23H23Cl2N3O2S. The average molecular weight is 476 g/mol. The van der Waals surface area contributed by atoms with E-state index >= 15 is 0 Å². The van der Waals surface area contributed by atoms with Crippen LogP contribution in [0.5, 0.6) is 0 Å². The number of carbonyl (C=O) groups excluding carboxylic acids is 1. The van der Waals surface area contributed by atoms with Crippen molar-refractivity contribution >= 4 is 51.8 Å². The largest absolute Gasteiger partial charge is 0.339 e. The van der Waals surface area contributed by atoms with Gasteiger partial charge in [-0.05, 0) is 44.4 Å². The number of aromatic nitrogens is 2. The summed E-state index contributed by atoms with van der Waals surface area (Å²) < 4.78 is 1.59. The summed E-state index contributed by atoms with van der Waals surface area (Å²) in [6.07, 6.45) is 2.01. The van der Waals surface area contributed by atoms with Gasteiger partial charge in [-0.15, -0.1) is 0 Å². The number of carbonyl (C=O) groups is 1. The minimum Gasteiger partial charge on any atom is -0.339 e. The molecule has 162 valence electrons. The molecule has 1 saturated heterocycles. The summed E-state index contributed by atoms with van der Waals surface area (Å²) >= 11 is 13.6. The van der Waals surface area contributed by atoms with Gasteiger partial charge in [0.05, 0.1) is 20.9 Å². The molecule has 5 nitrogen and oxygen atoms in total. The van der Waals surface area contributed by atoms with Crippen LogP contribution >= 0.6 is 35.0 Å². The second-order valence-electron chi connectivity index (χ2n) is 7.66. The summed E-state index contributed by atoms with van der Waals surface area (Å²) in [5.41, 5.74) is 1.17. The standard InChI is InChI=1S/C23H23Cl2N3O2S/c1-3-27-21(29)16-12-17(24)18(25)13-19(16)26-23(27)31-20(15-9-5-4-6-10-15)22(30)28-11-7-8-14(28)2/h4-6,9-10,12-14,20H,3,7-8,11H2,1-2H3/t14?,20-/m0/s1. The van der Waals surface area contributed by atoms with Crippen LogP contribution in [0, 0.1) is 0 Å². The van der Waals surface area contributed by atoms with Crippen molar-refractivity contribution in [3.05, 3.63) is 68.4 Å². The van der Waals surface area contributed by atoms with Gasteiger partial charge in [0.1, 0.15) is 5.25 Å². The maximum absolute atomic E-state index is 13.6. The van der Waals surface area contributed by atoms with Crippen molar-refractivity contribution in [3.8, 4) is 0 Å². The van der Waals surface area contributed by atoms with Crippen molar-refractivity contribution in [3.63, 3.8) is 0 Å². The Bertz CT molecular complexity index is 1180. The first-order valence-corrected chi connectivity index (χ1v) is 12.0. The summed E-state index contributed by atoms with van der Waals surface area (Å²) in [5.74, 6) is 0.0485. The number of fused-ring (bicyclic) bond motifs is 1. The fourth-order valence-electron chi connectivity index (χ4n) is 3.97. The van der Waals surface area contributed by atoms with Gasteiger partial charge in [-0.3, -0.25) is 14.2 Å². The first kappa shape index (κ1) is 22.2. The molecule has 0 N–H and O–H groups in total. The molecule has 2 aromatic carbocycles. The van der Waals surface area contributed by atoms with E-state index in [1.54, 1.807) is 16.7 Å². The summed E-state index contributed by atoms with van der Waals surface area (Å²) in [5, 5.41) is 1.07. The Labute approximate surface area is 195 Å². The monoisotopic (exact) mass is 475 g/mol. The number of amides is 1. The van der Waals surface area contributed by atoms with Crippen LogP contribution in [-0.2, 0) is 11.3 Å². The highest BCUT2D eigenvalue weighted by atomic mass is 35.5. The lowest BCUT2D eigenvalue weighted by atomic mass is 10.1. The van der Waals surface area contributed by atoms with Crippen LogP contribution in [0.1, 0.15) is 37.5 Å². The van der Waals surface area contributed by atoms with Crippen LogP contribution in [0.2, 0.25) is 10.0 Å². The Morgan fingerprint density at radius 2 is 1.94 bits per heavy atom. The number of hydrogen-bond donors (Lipinski definition) is 0. The predicted molar refractivity (Wildman–Crippen MR) is 127 cm³/mol. The van der Waals surface area contributed by atoms with Crippen LogP contribution in [0.15, 0.2) is 52.4 Å². The molecule has 0 saturated carbocycles. The third-order valence-electron chi connectivity index (χ3n) is 5.66. The third kappa shape index (κ3) is 4.34. The molecule has 31 heavy (non-hydrogen) atoms. The van der Waals surface area contributed by atoms with Gasteiger partial charge in [0, 0.05) is 19.1 Å². The molecule has 0 bridgehead atoms. The lowest BCUT2D eigenvalue weighted by Gasteiger charge is -2.27. The van der Waals surface area contributed by atoms with E-state index in [9.17, 15) is 9.59 Å². The van der Waals surface area contributed by atoms with Crippen molar-refractivity contribution in [2.75, 3.05) is 6.54 Å². The number of thioether (sulfide) groups is 1. The Kier molecular flexibility index (Phi) is 6.60. The quantitative estimate of drug-likeness (QED) is 0.357. The zero-order chi connectivity index (χ0) is 22.1. The number of rotatable bonds is 5. The van der Waals surface area contributed by atoms with Crippen molar-refractivity contribution in [2.45, 2.75) is 49.7 Å². The normalized spacial score (nSPS) is 17.3. The van der Waals surface area contributed by atoms with Gasteiger partial charge in [0.25, 0.3) is 5.56 Å². The number of hydrogen-bond acceptors (Lipinski definition) is 4. The van der Waals surface area contributed by atoms with Crippen LogP contribution in [0.25, 0.3) is 10.9 Å². The molecule has 1 amide bonds. The molecule has 0 aliphatic carbocycles.